The van der Waals surface area contributed by atoms with Crippen molar-refractivity contribution in [1.29, 1.82) is 0 Å². The van der Waals surface area contributed by atoms with Crippen molar-refractivity contribution in [2.24, 2.45) is 16.2 Å². The highest BCUT2D eigenvalue weighted by Gasteiger charge is 2.46. The highest BCUT2D eigenvalue weighted by atomic mass is 16.6. The van der Waals surface area contributed by atoms with Crippen LogP contribution in [0.15, 0.2) is 97.1 Å². The highest BCUT2D eigenvalue weighted by molar-refractivity contribution is 5.95. The lowest BCUT2D eigenvalue weighted by molar-refractivity contribution is -0.179. The van der Waals surface area contributed by atoms with Crippen LogP contribution >= 0.6 is 0 Å². The Labute approximate surface area is 420 Å². The molecule has 0 aliphatic carbocycles. The molecule has 1 atom stereocenters. The number of terminal acetylenes is 1. The molecule has 0 bridgehead atoms. The Balaban J connectivity index is 1.65. The van der Waals surface area contributed by atoms with E-state index < -0.39 is 110 Å². The second-order valence-electron chi connectivity index (χ2n) is 16.9. The first-order valence-corrected chi connectivity index (χ1v) is 22.2. The monoisotopic (exact) mass is 1010 g/mol. The van der Waals surface area contributed by atoms with Gasteiger partial charge in [0.2, 0.25) is 0 Å². The normalized spacial score (nSPS) is 11.7. The van der Waals surface area contributed by atoms with Crippen LogP contribution in [0.2, 0.25) is 0 Å². The van der Waals surface area contributed by atoms with Gasteiger partial charge in [0.1, 0.15) is 85.1 Å². The van der Waals surface area contributed by atoms with Gasteiger partial charge in [0.05, 0.1) is 0 Å². The van der Waals surface area contributed by atoms with E-state index >= 15 is 0 Å². The standard InChI is InChI=1S/C53H54O20/c1-9-10-27-63-48(60)53(8,32-68-49(61)51(6,28-64-42-23-15-17-25-44(42)72-36(4)56)29-65-43-24-16-18-26-45(43)73-37(5)57)33-69-50(62)52(7,30-66-46(58)38-19-11-13-21-40(38)70-34(2)54)31-67-47(59)39-20-12-14-22-41(39)71-35(3)55/h1,11-26H,10,27-33H2,2-8H3. The number of ether oxygens (including phenoxy) is 11. The minimum absolute atomic E-state index is 0.0201. The van der Waals surface area contributed by atoms with Crippen LogP contribution < -0.4 is 28.4 Å². The molecule has 0 N–H and O–H groups in total. The van der Waals surface area contributed by atoms with Crippen LogP contribution in [0.25, 0.3) is 0 Å². The molecule has 0 spiro atoms. The maximum absolute atomic E-state index is 14.4. The first-order valence-electron chi connectivity index (χ1n) is 22.2. The molecule has 0 fully saturated rings. The van der Waals surface area contributed by atoms with E-state index in [9.17, 15) is 43.2 Å². The molecule has 20 heteroatoms. The molecule has 4 aromatic carbocycles. The Morgan fingerprint density at radius 1 is 0.397 bits per heavy atom. The molecule has 1 unspecified atom stereocenters. The summed E-state index contributed by atoms with van der Waals surface area (Å²) in [6.45, 7) is 3.86. The number of hydrogen-bond donors (Lipinski definition) is 0. The van der Waals surface area contributed by atoms with Crippen LogP contribution in [0.5, 0.6) is 34.5 Å². The van der Waals surface area contributed by atoms with Crippen LogP contribution in [0.4, 0.5) is 0 Å². The first kappa shape index (κ1) is 56.9. The third kappa shape index (κ3) is 17.0. The molecule has 4 aromatic rings. The molecule has 0 saturated heterocycles. The average Bonchev–Trinajstić information content (AvgIpc) is 3.35. The van der Waals surface area contributed by atoms with Crippen LogP contribution in [-0.2, 0) is 57.2 Å². The summed E-state index contributed by atoms with van der Waals surface area (Å²) in [5, 5.41) is 0. The van der Waals surface area contributed by atoms with E-state index in [0.717, 1.165) is 13.8 Å². The van der Waals surface area contributed by atoms with Crippen LogP contribution in [-0.4, -0.2) is 100.0 Å². The van der Waals surface area contributed by atoms with Gasteiger partial charge >= 0.3 is 53.7 Å². The quantitative estimate of drug-likeness (QED) is 0.0234. The molecular formula is C53H54O20. The zero-order valence-electron chi connectivity index (χ0n) is 41.1. The van der Waals surface area contributed by atoms with E-state index in [1.165, 1.54) is 107 Å². The summed E-state index contributed by atoms with van der Waals surface area (Å²) in [4.78, 5) is 117. The number of rotatable bonds is 25. The number of carbonyl (C=O) groups excluding carboxylic acids is 9. The lowest BCUT2D eigenvalue weighted by Gasteiger charge is -2.32. The minimum atomic E-state index is -2.07. The van der Waals surface area contributed by atoms with E-state index in [1.54, 1.807) is 24.3 Å². The molecule has 0 aliphatic heterocycles. The predicted octanol–water partition coefficient (Wildman–Crippen LogP) is 6.23. The fraction of sp³-hybridized carbons (Fsp3) is 0.340. The van der Waals surface area contributed by atoms with Crippen LogP contribution in [0.1, 0.15) is 75.6 Å². The van der Waals surface area contributed by atoms with E-state index in [0.29, 0.717) is 0 Å². The van der Waals surface area contributed by atoms with Crippen molar-refractivity contribution in [2.45, 2.75) is 54.9 Å². The topological polar surface area (TPSA) is 255 Å². The zero-order chi connectivity index (χ0) is 53.8. The third-order valence-electron chi connectivity index (χ3n) is 10.1. The summed E-state index contributed by atoms with van der Waals surface area (Å²) in [5.41, 5.74) is -6.25. The van der Waals surface area contributed by atoms with Gasteiger partial charge in [0.15, 0.2) is 23.0 Å². The van der Waals surface area contributed by atoms with E-state index in [2.05, 4.69) is 5.92 Å². The van der Waals surface area contributed by atoms with Gasteiger partial charge in [-0.25, -0.2) is 9.59 Å². The molecule has 4 rings (SSSR count). The van der Waals surface area contributed by atoms with Crippen LogP contribution in [0, 0.1) is 28.6 Å². The van der Waals surface area contributed by atoms with Gasteiger partial charge in [-0.2, -0.15) is 0 Å². The lowest BCUT2D eigenvalue weighted by atomic mass is 9.90. The van der Waals surface area contributed by atoms with Gasteiger partial charge in [-0.1, -0.05) is 48.5 Å². The summed E-state index contributed by atoms with van der Waals surface area (Å²) >= 11 is 0. The molecule has 0 saturated carbocycles. The van der Waals surface area contributed by atoms with E-state index in [1.807, 2.05) is 0 Å². The molecule has 0 radical (unpaired) electrons. The van der Waals surface area contributed by atoms with Gasteiger partial charge in [0.25, 0.3) is 0 Å². The van der Waals surface area contributed by atoms with E-state index in [-0.39, 0.29) is 58.7 Å². The molecule has 73 heavy (non-hydrogen) atoms. The Morgan fingerprint density at radius 2 is 0.685 bits per heavy atom. The molecule has 386 valence electrons. The second-order valence-corrected chi connectivity index (χ2v) is 16.9. The number of esters is 9. The smallest absolute Gasteiger partial charge is 0.341 e. The fourth-order valence-corrected chi connectivity index (χ4v) is 6.11. The van der Waals surface area contributed by atoms with Gasteiger partial charge < -0.3 is 52.1 Å². The zero-order valence-corrected chi connectivity index (χ0v) is 41.1. The second kappa shape index (κ2) is 26.5. The first-order chi connectivity index (χ1) is 34.6. The lowest BCUT2D eigenvalue weighted by Crippen LogP contribution is -2.47. The Hall–Kier alpha value is -8.73. The molecule has 0 amide bonds. The predicted molar refractivity (Wildman–Crippen MR) is 253 cm³/mol. The van der Waals surface area contributed by atoms with Crippen molar-refractivity contribution in [3.63, 3.8) is 0 Å². The fourth-order valence-electron chi connectivity index (χ4n) is 6.11. The number of para-hydroxylation sites is 6. The Bertz CT molecular complexity index is 2580. The van der Waals surface area contributed by atoms with Gasteiger partial charge in [0, 0.05) is 34.1 Å². The summed E-state index contributed by atoms with van der Waals surface area (Å²) in [6, 6.07) is 23.5. The molecular weight excluding hydrogens is 957 g/mol. The number of hydrogen-bond acceptors (Lipinski definition) is 20. The number of carbonyl (C=O) groups is 9. The van der Waals surface area contributed by atoms with Crippen molar-refractivity contribution < 1.29 is 95.3 Å². The summed E-state index contributed by atoms with van der Waals surface area (Å²) in [5.74, 6) is -5.94. The van der Waals surface area contributed by atoms with Gasteiger partial charge in [-0.3, -0.25) is 33.6 Å². The van der Waals surface area contributed by atoms with Crippen molar-refractivity contribution in [3.05, 3.63) is 108 Å². The summed E-state index contributed by atoms with van der Waals surface area (Å²) in [7, 11) is 0. The van der Waals surface area contributed by atoms with Crippen molar-refractivity contribution >= 4 is 53.7 Å². The average molecular weight is 1010 g/mol. The van der Waals surface area contributed by atoms with E-state index in [4.69, 9.17) is 58.5 Å². The van der Waals surface area contributed by atoms with Crippen LogP contribution in [0.3, 0.4) is 0 Å². The SMILES string of the molecule is C#CCCOC(=O)C(C)(COC(=O)C(C)(COC(=O)c1ccccc1OC(C)=O)COC(=O)c1ccccc1OC(C)=O)COC(=O)C(C)(COc1ccccc1OC(C)=O)COc1ccccc1OC(C)=O. The maximum atomic E-state index is 14.4. The third-order valence-corrected chi connectivity index (χ3v) is 10.1. The largest absolute Gasteiger partial charge is 0.488 e. The Kier molecular flexibility index (Phi) is 20.6. The molecule has 0 aromatic heterocycles. The Morgan fingerprint density at radius 3 is 1.04 bits per heavy atom. The molecule has 20 nitrogen and oxygen atoms in total. The highest BCUT2D eigenvalue weighted by Crippen LogP contribution is 2.34. The summed E-state index contributed by atoms with van der Waals surface area (Å²) < 4.78 is 60.8. The minimum Gasteiger partial charge on any atom is -0.488 e. The van der Waals surface area contributed by atoms with Crippen molar-refractivity contribution in [1.82, 2.24) is 0 Å². The maximum Gasteiger partial charge on any atom is 0.341 e. The molecule has 0 heterocycles. The van der Waals surface area contributed by atoms with Gasteiger partial charge in [-0.15, -0.1) is 12.3 Å². The summed E-state index contributed by atoms with van der Waals surface area (Å²) in [6.07, 6.45) is 5.37. The van der Waals surface area contributed by atoms with Crippen molar-refractivity contribution in [2.75, 3.05) is 46.2 Å². The van der Waals surface area contributed by atoms with Gasteiger partial charge in [-0.05, 0) is 69.3 Å². The van der Waals surface area contributed by atoms with Crippen molar-refractivity contribution in [3.8, 4) is 46.8 Å². The number of benzene rings is 4. The molecule has 0 aliphatic rings.